The highest BCUT2D eigenvalue weighted by Crippen LogP contribution is 2.29. The highest BCUT2D eigenvalue weighted by molar-refractivity contribution is 6.34. The zero-order valence-electron chi connectivity index (χ0n) is 11.2. The Morgan fingerprint density at radius 1 is 1.11 bits per heavy atom. The second-order valence-corrected chi connectivity index (χ2v) is 5.67. The molecule has 0 amide bonds. The van der Waals surface area contributed by atoms with Crippen molar-refractivity contribution in [3.05, 3.63) is 57.1 Å². The standard InChI is InChI=1S/C15H16Cl2N2/c1-9(2)13-14(16)18-12(19-15(13)17)8-11-6-4-5-10(3)7-11/h4-7,9H,8H2,1-3H3. The maximum atomic E-state index is 6.19. The van der Waals surface area contributed by atoms with Crippen molar-refractivity contribution in [2.75, 3.05) is 0 Å². The van der Waals surface area contributed by atoms with Gasteiger partial charge in [0.2, 0.25) is 0 Å². The Kier molecular flexibility index (Phi) is 4.43. The Morgan fingerprint density at radius 3 is 2.26 bits per heavy atom. The van der Waals surface area contributed by atoms with Gasteiger partial charge in [0.1, 0.15) is 16.1 Å². The normalized spacial score (nSPS) is 11.1. The smallest absolute Gasteiger partial charge is 0.137 e. The van der Waals surface area contributed by atoms with Gasteiger partial charge in [-0.15, -0.1) is 0 Å². The molecule has 0 atom stereocenters. The summed E-state index contributed by atoms with van der Waals surface area (Å²) in [6.07, 6.45) is 0.638. The van der Waals surface area contributed by atoms with E-state index in [2.05, 4.69) is 35.1 Å². The highest BCUT2D eigenvalue weighted by atomic mass is 35.5. The van der Waals surface area contributed by atoms with Crippen molar-refractivity contribution >= 4 is 23.2 Å². The third kappa shape index (κ3) is 3.46. The van der Waals surface area contributed by atoms with Crippen molar-refractivity contribution in [1.29, 1.82) is 0 Å². The van der Waals surface area contributed by atoms with Crippen LogP contribution >= 0.6 is 23.2 Å². The van der Waals surface area contributed by atoms with Gasteiger partial charge in [-0.2, -0.15) is 0 Å². The van der Waals surface area contributed by atoms with E-state index in [1.807, 2.05) is 19.9 Å². The van der Waals surface area contributed by atoms with Gasteiger partial charge in [-0.1, -0.05) is 66.9 Å². The van der Waals surface area contributed by atoms with E-state index in [0.29, 0.717) is 22.6 Å². The molecule has 1 heterocycles. The van der Waals surface area contributed by atoms with Crippen LogP contribution < -0.4 is 0 Å². The number of aromatic nitrogens is 2. The van der Waals surface area contributed by atoms with Crippen molar-refractivity contribution in [3.8, 4) is 0 Å². The van der Waals surface area contributed by atoms with E-state index in [9.17, 15) is 0 Å². The van der Waals surface area contributed by atoms with Gasteiger partial charge in [0.15, 0.2) is 0 Å². The van der Waals surface area contributed by atoms with E-state index >= 15 is 0 Å². The van der Waals surface area contributed by atoms with Gasteiger partial charge in [-0.05, 0) is 18.4 Å². The summed E-state index contributed by atoms with van der Waals surface area (Å²) < 4.78 is 0. The van der Waals surface area contributed by atoms with Gasteiger partial charge in [-0.25, -0.2) is 9.97 Å². The van der Waals surface area contributed by atoms with Gasteiger partial charge < -0.3 is 0 Å². The fraction of sp³-hybridized carbons (Fsp3) is 0.333. The third-order valence-electron chi connectivity index (χ3n) is 2.92. The first-order valence-electron chi connectivity index (χ1n) is 6.24. The molecule has 0 N–H and O–H groups in total. The molecule has 100 valence electrons. The summed E-state index contributed by atoms with van der Waals surface area (Å²) in [5.41, 5.74) is 3.19. The van der Waals surface area contributed by atoms with Crippen LogP contribution in [0.3, 0.4) is 0 Å². The summed E-state index contributed by atoms with van der Waals surface area (Å²) in [5, 5.41) is 0.912. The summed E-state index contributed by atoms with van der Waals surface area (Å²) >= 11 is 12.4. The van der Waals surface area contributed by atoms with Crippen LogP contribution in [0.5, 0.6) is 0 Å². The monoisotopic (exact) mass is 294 g/mol. The largest absolute Gasteiger partial charge is 0.220 e. The minimum Gasteiger partial charge on any atom is -0.220 e. The molecule has 0 aliphatic heterocycles. The molecule has 0 aliphatic carbocycles. The maximum Gasteiger partial charge on any atom is 0.137 e. The Hall–Kier alpha value is -1.12. The van der Waals surface area contributed by atoms with Crippen LogP contribution in [0.1, 0.15) is 42.3 Å². The lowest BCUT2D eigenvalue weighted by Gasteiger charge is -2.11. The molecule has 0 bridgehead atoms. The number of aryl methyl sites for hydroxylation is 1. The predicted molar refractivity (Wildman–Crippen MR) is 80.1 cm³/mol. The number of hydrogen-bond donors (Lipinski definition) is 0. The Bertz CT molecular complexity index is 571. The topological polar surface area (TPSA) is 25.8 Å². The van der Waals surface area contributed by atoms with Crippen molar-refractivity contribution in [2.24, 2.45) is 0 Å². The molecule has 0 aliphatic rings. The van der Waals surface area contributed by atoms with Crippen molar-refractivity contribution in [2.45, 2.75) is 33.1 Å². The lowest BCUT2D eigenvalue weighted by Crippen LogP contribution is -2.03. The van der Waals surface area contributed by atoms with E-state index in [0.717, 1.165) is 11.1 Å². The van der Waals surface area contributed by atoms with Crippen LogP contribution in [0, 0.1) is 6.92 Å². The van der Waals surface area contributed by atoms with Gasteiger partial charge in [0, 0.05) is 12.0 Å². The summed E-state index contributed by atoms with van der Waals surface area (Å²) in [7, 11) is 0. The maximum absolute atomic E-state index is 6.19. The van der Waals surface area contributed by atoms with Crippen LogP contribution in [0.4, 0.5) is 0 Å². The average Bonchev–Trinajstić information content (AvgIpc) is 2.27. The fourth-order valence-corrected chi connectivity index (χ4v) is 2.88. The van der Waals surface area contributed by atoms with Gasteiger partial charge >= 0.3 is 0 Å². The van der Waals surface area contributed by atoms with Crippen LogP contribution in [0.2, 0.25) is 10.3 Å². The van der Waals surface area contributed by atoms with Crippen molar-refractivity contribution in [1.82, 2.24) is 9.97 Å². The summed E-state index contributed by atoms with van der Waals surface area (Å²) in [6, 6.07) is 8.25. The second-order valence-electron chi connectivity index (χ2n) is 4.96. The summed E-state index contributed by atoms with van der Waals surface area (Å²) in [6.45, 7) is 6.11. The zero-order valence-corrected chi connectivity index (χ0v) is 12.8. The minimum absolute atomic E-state index is 0.216. The highest BCUT2D eigenvalue weighted by Gasteiger charge is 2.14. The average molecular weight is 295 g/mol. The molecule has 0 radical (unpaired) electrons. The molecule has 2 nitrogen and oxygen atoms in total. The van der Waals surface area contributed by atoms with E-state index in [-0.39, 0.29) is 5.92 Å². The van der Waals surface area contributed by atoms with Crippen LogP contribution in [0.15, 0.2) is 24.3 Å². The molecule has 0 spiro atoms. The second kappa shape index (κ2) is 5.89. The van der Waals surface area contributed by atoms with Gasteiger partial charge in [0.05, 0.1) is 0 Å². The molecule has 0 saturated carbocycles. The number of rotatable bonds is 3. The lowest BCUT2D eigenvalue weighted by molar-refractivity contribution is 0.830. The molecule has 0 fully saturated rings. The Balaban J connectivity index is 2.32. The Morgan fingerprint density at radius 2 is 1.74 bits per heavy atom. The number of halogens is 2. The molecule has 0 saturated heterocycles. The van der Waals surface area contributed by atoms with Crippen LogP contribution in [-0.2, 0) is 6.42 Å². The number of nitrogens with zero attached hydrogens (tertiary/aromatic N) is 2. The van der Waals surface area contributed by atoms with Crippen molar-refractivity contribution in [3.63, 3.8) is 0 Å². The SMILES string of the molecule is Cc1cccc(Cc2nc(Cl)c(C(C)C)c(Cl)n2)c1. The number of hydrogen-bond acceptors (Lipinski definition) is 2. The van der Waals surface area contributed by atoms with E-state index in [1.165, 1.54) is 5.56 Å². The molecule has 19 heavy (non-hydrogen) atoms. The quantitative estimate of drug-likeness (QED) is 0.760. The molecular formula is C15H16Cl2N2. The summed E-state index contributed by atoms with van der Waals surface area (Å²) in [4.78, 5) is 8.70. The fourth-order valence-electron chi connectivity index (χ4n) is 2.02. The minimum atomic E-state index is 0.216. The molecule has 1 aromatic heterocycles. The molecule has 0 unspecified atom stereocenters. The number of benzene rings is 1. The third-order valence-corrected chi connectivity index (χ3v) is 3.50. The molecule has 2 rings (SSSR count). The molecule has 4 heteroatoms. The van der Waals surface area contributed by atoms with E-state index in [1.54, 1.807) is 0 Å². The van der Waals surface area contributed by atoms with E-state index < -0.39 is 0 Å². The van der Waals surface area contributed by atoms with Crippen molar-refractivity contribution < 1.29 is 0 Å². The predicted octanol–water partition coefficient (Wildman–Crippen LogP) is 4.81. The molecule has 1 aromatic carbocycles. The summed E-state index contributed by atoms with van der Waals surface area (Å²) in [5.74, 6) is 0.873. The van der Waals surface area contributed by atoms with Gasteiger partial charge in [-0.3, -0.25) is 0 Å². The van der Waals surface area contributed by atoms with Gasteiger partial charge in [0.25, 0.3) is 0 Å². The van der Waals surface area contributed by atoms with E-state index in [4.69, 9.17) is 23.2 Å². The Labute approximate surface area is 123 Å². The zero-order chi connectivity index (χ0) is 14.0. The van der Waals surface area contributed by atoms with Crippen LogP contribution in [-0.4, -0.2) is 9.97 Å². The van der Waals surface area contributed by atoms with Crippen LogP contribution in [0.25, 0.3) is 0 Å². The first-order chi connectivity index (χ1) is 8.97. The first-order valence-corrected chi connectivity index (χ1v) is 7.00. The molecular weight excluding hydrogens is 279 g/mol. The molecule has 2 aromatic rings. The first kappa shape index (κ1) is 14.3. The lowest BCUT2D eigenvalue weighted by atomic mass is 10.1.